The lowest BCUT2D eigenvalue weighted by molar-refractivity contribution is -0.147. The van der Waals surface area contributed by atoms with Crippen molar-refractivity contribution in [2.24, 2.45) is 39.8 Å². The number of aromatic amines is 1. The number of aliphatic carboxylic acids is 1. The topological polar surface area (TPSA) is 476 Å². The fourth-order valence-corrected chi connectivity index (χ4v) is 8.72. The van der Waals surface area contributed by atoms with Gasteiger partial charge in [-0.3, -0.25) is 52.9 Å². The number of nitrogens with two attached hydrogens (primary N) is 4. The molecular formula is C55H86N16O13. The van der Waals surface area contributed by atoms with Crippen LogP contribution in [0.25, 0.3) is 10.8 Å². The molecule has 20 N–H and O–H groups in total. The van der Waals surface area contributed by atoms with E-state index in [2.05, 4.69) is 57.5 Å². The van der Waals surface area contributed by atoms with E-state index in [4.69, 9.17) is 22.9 Å². The molecule has 29 nitrogen and oxygen atoms in total. The average molecular weight is 1180 g/mol. The number of guanidine groups is 1. The van der Waals surface area contributed by atoms with Gasteiger partial charge in [0.1, 0.15) is 48.8 Å². The van der Waals surface area contributed by atoms with E-state index in [-0.39, 0.29) is 63.6 Å². The number of hydrogen-bond donors (Lipinski definition) is 16. The second-order valence-corrected chi connectivity index (χ2v) is 21.1. The number of aliphatic imine (C=N–C) groups is 1. The van der Waals surface area contributed by atoms with E-state index in [1.54, 1.807) is 45.9 Å². The molecule has 0 saturated carbocycles. The van der Waals surface area contributed by atoms with Crippen LogP contribution in [-0.4, -0.2) is 189 Å². The van der Waals surface area contributed by atoms with Crippen molar-refractivity contribution in [2.45, 2.75) is 154 Å². The molecule has 0 spiro atoms. The zero-order valence-electron chi connectivity index (χ0n) is 48.7. The van der Waals surface area contributed by atoms with Crippen LogP contribution >= 0.6 is 0 Å². The van der Waals surface area contributed by atoms with Gasteiger partial charge in [-0.1, -0.05) is 76.6 Å². The number of carbonyl (C=O) groups excluding carboxylic acids is 9. The molecule has 2 aromatic carbocycles. The predicted molar refractivity (Wildman–Crippen MR) is 310 cm³/mol. The number of amides is 9. The molecule has 0 radical (unpaired) electrons. The van der Waals surface area contributed by atoms with Crippen LogP contribution in [0.5, 0.6) is 0 Å². The molecule has 0 bridgehead atoms. The lowest BCUT2D eigenvalue weighted by Gasteiger charge is -2.32. The SMILES string of the molecule is CCC(C)[C@H](NC(=O)[C@H](CCCN)NC(=O)CNC(=O)[C@@H](NC(=O)[C@@H](NC(=O)[C@H](Cc1cnc[nH]1)NC(=O)[C@H](Cc1cccc2ccccc12)NC(=O)[C@H](C)NC(=O)[C@@H](N)CCCN=C(N)N)[C@@H](C)O)[C@@H](C)O)C(=O)N(CC(=O)O)CC(C)C. The minimum atomic E-state index is -1.85. The van der Waals surface area contributed by atoms with Crippen LogP contribution in [0.3, 0.4) is 0 Å². The summed E-state index contributed by atoms with van der Waals surface area (Å²) in [6.07, 6.45) is 0.198. The van der Waals surface area contributed by atoms with Crippen LogP contribution in [0.4, 0.5) is 0 Å². The number of imidazole rings is 1. The molecule has 3 rings (SSSR count). The zero-order chi connectivity index (χ0) is 62.8. The number of carbonyl (C=O) groups is 10. The first-order chi connectivity index (χ1) is 39.7. The number of fused-ring (bicyclic) bond motifs is 1. The molecule has 9 amide bonds. The molecule has 84 heavy (non-hydrogen) atoms. The Morgan fingerprint density at radius 3 is 1.88 bits per heavy atom. The fourth-order valence-electron chi connectivity index (χ4n) is 8.72. The first-order valence-electron chi connectivity index (χ1n) is 27.9. The number of nitrogens with one attached hydrogen (secondary N) is 9. The first-order valence-corrected chi connectivity index (χ1v) is 27.9. The van der Waals surface area contributed by atoms with Crippen molar-refractivity contribution in [1.82, 2.24) is 57.4 Å². The van der Waals surface area contributed by atoms with Gasteiger partial charge < -0.3 is 90.7 Å². The van der Waals surface area contributed by atoms with Crippen molar-refractivity contribution in [3.63, 3.8) is 0 Å². The number of rotatable bonds is 36. The Hall–Kier alpha value is -8.28. The van der Waals surface area contributed by atoms with Gasteiger partial charge in [0.2, 0.25) is 53.2 Å². The van der Waals surface area contributed by atoms with Crippen LogP contribution in [0.15, 0.2) is 60.0 Å². The molecular weight excluding hydrogens is 1090 g/mol. The van der Waals surface area contributed by atoms with Crippen LogP contribution in [0.2, 0.25) is 0 Å². The molecule has 0 aliphatic heterocycles. The summed E-state index contributed by atoms with van der Waals surface area (Å²) in [4.78, 5) is 148. The van der Waals surface area contributed by atoms with E-state index in [1.807, 2.05) is 24.3 Å². The Balaban J connectivity index is 1.82. The number of aliphatic hydroxyl groups excluding tert-OH is 2. The number of H-pyrrole nitrogens is 1. The van der Waals surface area contributed by atoms with Gasteiger partial charge in [0.05, 0.1) is 31.1 Å². The van der Waals surface area contributed by atoms with E-state index in [1.165, 1.54) is 19.4 Å². The summed E-state index contributed by atoms with van der Waals surface area (Å²) in [7, 11) is 0. The summed E-state index contributed by atoms with van der Waals surface area (Å²) >= 11 is 0. The molecule has 11 atom stereocenters. The lowest BCUT2D eigenvalue weighted by Crippen LogP contribution is -2.63. The first kappa shape index (κ1) is 70.0. The standard InChI is InChI=1S/C55H86N16O13/c1-8-30(4)44(54(84)71(26-29(2)3)27-43(75)76)68-49(79)39(19-12-20-56)65-42(74)25-62-52(82)45(32(6)72)70-53(83)46(33(7)73)69-51(81)41(23-36-24-60-28-63-36)67-50(80)40(22-35-16-11-15-34-14-9-10-17-37(34)35)66-47(77)31(5)64-48(78)38(57)18-13-21-61-55(58)59/h9-11,14-17,24,28-33,38-41,44-46,72-73H,8,12-13,18-23,25-27,56-57H2,1-7H3,(H,60,63)(H,62,82)(H,64,78)(H,65,74)(H,66,77)(H,67,80)(H,68,79)(H,69,81)(H,70,83)(H,75,76)(H4,58,59,61)/t30?,31-,32+,33+,38-,39-,40-,41-,44-,45-,46-/m0/s1. The second-order valence-electron chi connectivity index (χ2n) is 21.1. The molecule has 0 aliphatic carbocycles. The number of carboxylic acid groups (broad SMARTS) is 1. The van der Waals surface area contributed by atoms with E-state index >= 15 is 0 Å². The summed E-state index contributed by atoms with van der Waals surface area (Å²) in [5, 5.41) is 52.8. The maximum Gasteiger partial charge on any atom is 0.323 e. The highest BCUT2D eigenvalue weighted by molar-refractivity contribution is 5.99. The number of carboxylic acids is 1. The molecule has 0 fully saturated rings. The van der Waals surface area contributed by atoms with Crippen molar-refractivity contribution in [1.29, 1.82) is 0 Å². The summed E-state index contributed by atoms with van der Waals surface area (Å²) in [6.45, 7) is 9.83. The monoisotopic (exact) mass is 1180 g/mol. The zero-order valence-corrected chi connectivity index (χ0v) is 48.7. The Bertz CT molecular complexity index is 2720. The van der Waals surface area contributed by atoms with Crippen molar-refractivity contribution >= 4 is 75.9 Å². The van der Waals surface area contributed by atoms with E-state index in [0.717, 1.165) is 29.5 Å². The molecule has 0 aliphatic rings. The van der Waals surface area contributed by atoms with Gasteiger partial charge in [0.25, 0.3) is 0 Å². The lowest BCUT2D eigenvalue weighted by atomic mass is 9.96. The highest BCUT2D eigenvalue weighted by Gasteiger charge is 2.37. The number of aromatic nitrogens is 2. The van der Waals surface area contributed by atoms with Gasteiger partial charge in [-0.2, -0.15) is 0 Å². The number of nitrogens with zero attached hydrogens (tertiary/aromatic N) is 3. The summed E-state index contributed by atoms with van der Waals surface area (Å²) in [6, 6.07) is 1.41. The van der Waals surface area contributed by atoms with Gasteiger partial charge in [-0.15, -0.1) is 0 Å². The number of aliphatic hydroxyl groups is 2. The Morgan fingerprint density at radius 2 is 1.27 bits per heavy atom. The molecule has 1 heterocycles. The maximum absolute atomic E-state index is 14.5. The molecule has 29 heteroatoms. The number of hydrogen-bond acceptors (Lipinski definition) is 16. The predicted octanol–water partition coefficient (Wildman–Crippen LogP) is -3.63. The van der Waals surface area contributed by atoms with Gasteiger partial charge in [0, 0.05) is 37.8 Å². The summed E-state index contributed by atoms with van der Waals surface area (Å²) in [5.41, 5.74) is 23.5. The van der Waals surface area contributed by atoms with Crippen molar-refractivity contribution in [3.8, 4) is 0 Å². The Labute approximate surface area is 487 Å². The van der Waals surface area contributed by atoms with E-state index in [9.17, 15) is 63.3 Å². The maximum atomic E-state index is 14.5. The Morgan fingerprint density at radius 1 is 0.679 bits per heavy atom. The number of benzene rings is 2. The average Bonchev–Trinajstić information content (AvgIpc) is 3.32. The second kappa shape index (κ2) is 35.0. The third kappa shape index (κ3) is 23.2. The molecule has 1 aromatic heterocycles. The third-order valence-electron chi connectivity index (χ3n) is 13.5. The van der Waals surface area contributed by atoms with Gasteiger partial charge in [-0.05, 0) is 81.2 Å². The highest BCUT2D eigenvalue weighted by Crippen LogP contribution is 2.21. The minimum absolute atomic E-state index is 0.00356. The third-order valence-corrected chi connectivity index (χ3v) is 13.5. The van der Waals surface area contributed by atoms with Crippen LogP contribution in [-0.2, 0) is 60.8 Å². The van der Waals surface area contributed by atoms with Gasteiger partial charge in [0.15, 0.2) is 5.96 Å². The molecule has 1 unspecified atom stereocenters. The van der Waals surface area contributed by atoms with Crippen molar-refractivity contribution in [3.05, 3.63) is 66.2 Å². The normalized spacial score (nSPS) is 15.1. The van der Waals surface area contributed by atoms with Crippen molar-refractivity contribution < 1.29 is 63.3 Å². The van der Waals surface area contributed by atoms with E-state index in [0.29, 0.717) is 24.1 Å². The van der Waals surface area contributed by atoms with Crippen LogP contribution in [0, 0.1) is 11.8 Å². The summed E-state index contributed by atoms with van der Waals surface area (Å²) in [5.74, 6) is -9.84. The van der Waals surface area contributed by atoms with Gasteiger partial charge >= 0.3 is 5.97 Å². The fraction of sp³-hybridized carbons (Fsp3) is 0.564. The minimum Gasteiger partial charge on any atom is -0.480 e. The van der Waals surface area contributed by atoms with E-state index < -0.39 is 139 Å². The largest absolute Gasteiger partial charge is 0.480 e. The highest BCUT2D eigenvalue weighted by atomic mass is 16.4. The molecule has 0 saturated heterocycles. The summed E-state index contributed by atoms with van der Waals surface area (Å²) < 4.78 is 0. The smallest absolute Gasteiger partial charge is 0.323 e. The molecule has 3 aromatic rings. The molecule has 464 valence electrons. The quantitative estimate of drug-likeness (QED) is 0.0152. The van der Waals surface area contributed by atoms with Crippen molar-refractivity contribution in [2.75, 3.05) is 32.7 Å². The Kier molecular flexibility index (Phi) is 29.2. The van der Waals surface area contributed by atoms with Gasteiger partial charge in [-0.25, -0.2) is 4.98 Å². The van der Waals surface area contributed by atoms with Crippen LogP contribution < -0.4 is 65.5 Å². The van der Waals surface area contributed by atoms with Crippen LogP contribution in [0.1, 0.15) is 91.8 Å².